The summed E-state index contributed by atoms with van der Waals surface area (Å²) < 4.78 is 0. The van der Waals surface area contributed by atoms with Gasteiger partial charge < -0.3 is 10.2 Å². The maximum atomic E-state index is 3.44. The molecule has 3 nitrogen and oxygen atoms in total. The molecule has 0 aliphatic carbocycles. The first kappa shape index (κ1) is 12.9. The summed E-state index contributed by atoms with van der Waals surface area (Å²) in [6.07, 6.45) is 3.89. The summed E-state index contributed by atoms with van der Waals surface area (Å²) in [4.78, 5) is 4.97. The molecule has 104 valence electrons. The van der Waals surface area contributed by atoms with Crippen LogP contribution < -0.4 is 5.32 Å². The van der Waals surface area contributed by atoms with Crippen molar-refractivity contribution in [1.29, 1.82) is 0 Å². The van der Waals surface area contributed by atoms with E-state index in [1.807, 2.05) is 0 Å². The number of fused-ring (bicyclic) bond motifs is 1. The molecule has 0 aromatic heterocycles. The molecule has 1 atom stereocenters. The summed E-state index contributed by atoms with van der Waals surface area (Å²) in [5, 5.41) is 3.44. The zero-order chi connectivity index (χ0) is 13.2. The van der Waals surface area contributed by atoms with Gasteiger partial charge in [0.05, 0.1) is 0 Å². The maximum Gasteiger partial charge on any atom is 0.0373 e. The minimum atomic E-state index is 0.737. The summed E-state index contributed by atoms with van der Waals surface area (Å²) in [5.74, 6) is 0. The highest BCUT2D eigenvalue weighted by Gasteiger charge is 2.25. The van der Waals surface area contributed by atoms with E-state index in [1.54, 1.807) is 0 Å². The van der Waals surface area contributed by atoms with Crippen molar-refractivity contribution in [3.8, 4) is 0 Å². The highest BCUT2D eigenvalue weighted by molar-refractivity contribution is 5.56. The first-order valence-corrected chi connectivity index (χ1v) is 7.47. The van der Waals surface area contributed by atoms with E-state index in [-0.39, 0.29) is 0 Å². The lowest BCUT2D eigenvalue weighted by Crippen LogP contribution is -2.37. The van der Waals surface area contributed by atoms with Crippen molar-refractivity contribution in [3.05, 3.63) is 29.3 Å². The van der Waals surface area contributed by atoms with Gasteiger partial charge in [-0.1, -0.05) is 12.1 Å². The van der Waals surface area contributed by atoms with E-state index in [4.69, 9.17) is 0 Å². The fraction of sp³-hybridized carbons (Fsp3) is 0.625. The SMILES string of the molecule is CN(C)CC1CCCN1Cc1ccc2c(c1)CCN2. The van der Waals surface area contributed by atoms with E-state index in [9.17, 15) is 0 Å². The van der Waals surface area contributed by atoms with Crippen molar-refractivity contribution in [3.63, 3.8) is 0 Å². The van der Waals surface area contributed by atoms with E-state index in [0.29, 0.717) is 0 Å². The molecule has 1 aromatic rings. The molecular weight excluding hydrogens is 234 g/mol. The third-order valence-corrected chi connectivity index (χ3v) is 4.34. The van der Waals surface area contributed by atoms with Gasteiger partial charge in [0.15, 0.2) is 0 Å². The van der Waals surface area contributed by atoms with Gasteiger partial charge in [-0.2, -0.15) is 0 Å². The lowest BCUT2D eigenvalue weighted by molar-refractivity contribution is 0.201. The number of benzene rings is 1. The predicted molar refractivity (Wildman–Crippen MR) is 80.6 cm³/mol. The quantitative estimate of drug-likeness (QED) is 0.894. The Hall–Kier alpha value is -1.06. The molecule has 1 saturated heterocycles. The first-order chi connectivity index (χ1) is 9.22. The van der Waals surface area contributed by atoms with Crippen LogP contribution in [0.1, 0.15) is 24.0 Å². The molecule has 1 aromatic carbocycles. The molecule has 2 aliphatic rings. The van der Waals surface area contributed by atoms with Crippen molar-refractivity contribution in [2.45, 2.75) is 31.8 Å². The van der Waals surface area contributed by atoms with Gasteiger partial charge >= 0.3 is 0 Å². The topological polar surface area (TPSA) is 18.5 Å². The van der Waals surface area contributed by atoms with Gasteiger partial charge in [-0.05, 0) is 57.1 Å². The van der Waals surface area contributed by atoms with Gasteiger partial charge in [-0.15, -0.1) is 0 Å². The zero-order valence-corrected chi connectivity index (χ0v) is 12.2. The molecule has 3 heteroatoms. The van der Waals surface area contributed by atoms with E-state index in [0.717, 1.165) is 19.1 Å². The van der Waals surface area contributed by atoms with Gasteiger partial charge in [0.1, 0.15) is 0 Å². The molecule has 2 aliphatic heterocycles. The molecule has 2 heterocycles. The fourth-order valence-electron chi connectivity index (χ4n) is 3.42. The minimum absolute atomic E-state index is 0.737. The van der Waals surface area contributed by atoms with Gasteiger partial charge in [0, 0.05) is 31.4 Å². The Kier molecular flexibility index (Phi) is 3.76. The molecule has 0 saturated carbocycles. The van der Waals surface area contributed by atoms with Crippen LogP contribution in [0.5, 0.6) is 0 Å². The van der Waals surface area contributed by atoms with E-state index in [1.165, 1.54) is 49.2 Å². The van der Waals surface area contributed by atoms with E-state index in [2.05, 4.69) is 47.4 Å². The van der Waals surface area contributed by atoms with Crippen LogP contribution in [0.15, 0.2) is 18.2 Å². The van der Waals surface area contributed by atoms with Crippen molar-refractivity contribution in [1.82, 2.24) is 9.80 Å². The summed E-state index contributed by atoms with van der Waals surface area (Å²) in [5.41, 5.74) is 4.32. The molecule has 0 bridgehead atoms. The highest BCUT2D eigenvalue weighted by atomic mass is 15.2. The van der Waals surface area contributed by atoms with E-state index < -0.39 is 0 Å². The Labute approximate surface area is 116 Å². The van der Waals surface area contributed by atoms with Gasteiger partial charge in [-0.3, -0.25) is 4.90 Å². The smallest absolute Gasteiger partial charge is 0.0373 e. The monoisotopic (exact) mass is 259 g/mol. The standard InChI is InChI=1S/C16H25N3/c1-18(2)12-15-4-3-9-19(15)11-13-5-6-16-14(10-13)7-8-17-16/h5-6,10,15,17H,3-4,7-9,11-12H2,1-2H3. The van der Waals surface area contributed by atoms with Gasteiger partial charge in [0.25, 0.3) is 0 Å². The van der Waals surface area contributed by atoms with Crippen molar-refractivity contribution in [2.24, 2.45) is 0 Å². The van der Waals surface area contributed by atoms with Crippen molar-refractivity contribution >= 4 is 5.69 Å². The Morgan fingerprint density at radius 1 is 1.37 bits per heavy atom. The molecule has 0 amide bonds. The Bertz CT molecular complexity index is 442. The van der Waals surface area contributed by atoms with Crippen molar-refractivity contribution < 1.29 is 0 Å². The lowest BCUT2D eigenvalue weighted by Gasteiger charge is -2.27. The first-order valence-electron chi connectivity index (χ1n) is 7.47. The molecule has 0 spiro atoms. The second kappa shape index (κ2) is 5.51. The summed E-state index contributed by atoms with van der Waals surface area (Å²) >= 11 is 0. The number of nitrogens with zero attached hydrogens (tertiary/aromatic N) is 2. The predicted octanol–water partition coefficient (Wildman–Crippen LogP) is 2.18. The number of anilines is 1. The second-order valence-corrected chi connectivity index (χ2v) is 6.20. The van der Waals surface area contributed by atoms with Gasteiger partial charge in [0.2, 0.25) is 0 Å². The maximum absolute atomic E-state index is 3.44. The molecule has 19 heavy (non-hydrogen) atoms. The van der Waals surface area contributed by atoms with Crippen LogP contribution >= 0.6 is 0 Å². The Morgan fingerprint density at radius 2 is 2.26 bits per heavy atom. The second-order valence-electron chi connectivity index (χ2n) is 6.20. The molecule has 1 fully saturated rings. The fourth-order valence-corrected chi connectivity index (χ4v) is 3.42. The van der Waals surface area contributed by atoms with E-state index >= 15 is 0 Å². The number of hydrogen-bond donors (Lipinski definition) is 1. The Balaban J connectivity index is 1.67. The molecule has 3 rings (SSSR count). The largest absolute Gasteiger partial charge is 0.384 e. The third-order valence-electron chi connectivity index (χ3n) is 4.34. The summed E-state index contributed by atoms with van der Waals surface area (Å²) in [6.45, 7) is 4.66. The normalized spacial score (nSPS) is 22.8. The average Bonchev–Trinajstić information content (AvgIpc) is 2.98. The van der Waals surface area contributed by atoms with Crippen LogP contribution in [-0.4, -0.2) is 49.6 Å². The van der Waals surface area contributed by atoms with Crippen LogP contribution in [0.3, 0.4) is 0 Å². The number of likely N-dealkylation sites (tertiary alicyclic amines) is 1. The third kappa shape index (κ3) is 2.93. The summed E-state index contributed by atoms with van der Waals surface area (Å²) in [7, 11) is 4.36. The summed E-state index contributed by atoms with van der Waals surface area (Å²) in [6, 6.07) is 7.69. The Morgan fingerprint density at radius 3 is 3.11 bits per heavy atom. The minimum Gasteiger partial charge on any atom is -0.384 e. The number of hydrogen-bond acceptors (Lipinski definition) is 3. The van der Waals surface area contributed by atoms with Crippen LogP contribution in [0, 0.1) is 0 Å². The van der Waals surface area contributed by atoms with Gasteiger partial charge in [-0.25, -0.2) is 0 Å². The lowest BCUT2D eigenvalue weighted by atomic mass is 10.1. The van der Waals surface area contributed by atoms with Crippen molar-refractivity contribution in [2.75, 3.05) is 39.0 Å². The van der Waals surface area contributed by atoms with Crippen LogP contribution in [0.25, 0.3) is 0 Å². The molecular formula is C16H25N3. The van der Waals surface area contributed by atoms with Crippen LogP contribution in [-0.2, 0) is 13.0 Å². The number of likely N-dealkylation sites (N-methyl/N-ethyl adjacent to an activating group) is 1. The number of rotatable bonds is 4. The average molecular weight is 259 g/mol. The number of nitrogens with one attached hydrogen (secondary N) is 1. The molecule has 0 radical (unpaired) electrons. The zero-order valence-electron chi connectivity index (χ0n) is 12.2. The van der Waals surface area contributed by atoms with Crippen LogP contribution in [0.2, 0.25) is 0 Å². The highest BCUT2D eigenvalue weighted by Crippen LogP contribution is 2.26. The molecule has 1 N–H and O–H groups in total. The molecule has 1 unspecified atom stereocenters. The van der Waals surface area contributed by atoms with Crippen LogP contribution in [0.4, 0.5) is 5.69 Å².